The Bertz CT molecular complexity index is 753. The highest BCUT2D eigenvalue weighted by atomic mass is 35.5. The Labute approximate surface area is 138 Å². The van der Waals surface area contributed by atoms with Crippen LogP contribution in [0, 0.1) is 0 Å². The minimum Gasteiger partial charge on any atom is -0.395 e. The number of aliphatic hydroxyl groups is 1. The highest BCUT2D eigenvalue weighted by Crippen LogP contribution is 2.47. The minimum absolute atomic E-state index is 0.0477. The number of hydrogen-bond donors (Lipinski definition) is 2. The molecule has 1 spiro atoms. The number of nitrogens with zero attached hydrogens (tertiary/aromatic N) is 1. The third kappa shape index (κ3) is 2.32. The number of carbonyl (C=O) groups excluding carboxylic acids is 1. The number of sulfonamides is 1. The lowest BCUT2D eigenvalue weighted by Crippen LogP contribution is -2.40. The van der Waals surface area contributed by atoms with Crippen LogP contribution in [0.15, 0.2) is 12.1 Å². The van der Waals surface area contributed by atoms with Crippen molar-refractivity contribution in [2.45, 2.75) is 11.8 Å². The quantitative estimate of drug-likeness (QED) is 0.843. The number of amides is 1. The van der Waals surface area contributed by atoms with E-state index in [1.165, 1.54) is 4.31 Å². The van der Waals surface area contributed by atoms with E-state index in [9.17, 15) is 13.2 Å². The monoisotopic (exact) mass is 364 g/mol. The summed E-state index contributed by atoms with van der Waals surface area (Å²) in [6.07, 6.45) is 0.369. The fourth-order valence-corrected chi connectivity index (χ4v) is 4.68. The van der Waals surface area contributed by atoms with Crippen LogP contribution in [0.1, 0.15) is 12.0 Å². The molecule has 1 aromatic rings. The summed E-state index contributed by atoms with van der Waals surface area (Å²) in [6, 6.07) is 3.20. The molecule has 3 rings (SSSR count). The summed E-state index contributed by atoms with van der Waals surface area (Å²) in [6.45, 7) is -0.169. The molecule has 9 heteroatoms. The van der Waals surface area contributed by atoms with Gasteiger partial charge in [0.05, 0.1) is 27.8 Å². The fraction of sp³-hybridized carbons (Fsp3) is 0.462. The molecule has 1 atom stereocenters. The largest absolute Gasteiger partial charge is 0.395 e. The molecule has 0 aromatic heterocycles. The molecule has 1 aromatic carbocycles. The molecule has 2 N–H and O–H groups in total. The van der Waals surface area contributed by atoms with E-state index in [4.69, 9.17) is 28.3 Å². The molecule has 1 saturated heterocycles. The summed E-state index contributed by atoms with van der Waals surface area (Å²) in [5.41, 5.74) is 0.306. The number of anilines is 1. The van der Waals surface area contributed by atoms with Gasteiger partial charge in [0.25, 0.3) is 0 Å². The number of fused-ring (bicyclic) bond motifs is 2. The van der Waals surface area contributed by atoms with Crippen LogP contribution >= 0.6 is 23.2 Å². The summed E-state index contributed by atoms with van der Waals surface area (Å²) in [5, 5.41) is 12.3. The third-order valence-corrected chi connectivity index (χ3v) is 6.75. The van der Waals surface area contributed by atoms with Crippen LogP contribution in [-0.4, -0.2) is 49.2 Å². The second kappa shape index (κ2) is 5.35. The Hall–Kier alpha value is -0.860. The number of nitrogens with one attached hydrogen (secondary N) is 1. The number of rotatable bonds is 3. The molecule has 1 fully saturated rings. The zero-order valence-corrected chi connectivity index (χ0v) is 13.8. The summed E-state index contributed by atoms with van der Waals surface area (Å²) < 4.78 is 25.4. The predicted octanol–water partition coefficient (Wildman–Crippen LogP) is 1.21. The number of aliphatic hydroxyl groups excluding tert-OH is 1. The molecule has 2 aliphatic rings. The second-order valence-corrected chi connectivity index (χ2v) is 8.37. The van der Waals surface area contributed by atoms with Gasteiger partial charge in [0.15, 0.2) is 0 Å². The first-order valence-corrected chi connectivity index (χ1v) is 9.06. The lowest BCUT2D eigenvalue weighted by molar-refractivity contribution is -0.120. The van der Waals surface area contributed by atoms with E-state index in [1.54, 1.807) is 12.1 Å². The van der Waals surface area contributed by atoms with Gasteiger partial charge in [-0.15, -0.1) is 0 Å². The third-order valence-electron chi connectivity index (χ3n) is 4.24. The van der Waals surface area contributed by atoms with E-state index in [1.807, 2.05) is 0 Å². The standard InChI is InChI=1S/C13H14Cl2N2O4S/c14-9-5-8-11(6-10(9)15)16-12(19)13(8)1-2-17(7-13)22(20,21)4-3-18/h5-6,18H,1-4,7H2,(H,16,19)/t13-/m1/s1. The zero-order valence-electron chi connectivity index (χ0n) is 11.5. The molecule has 0 saturated carbocycles. The van der Waals surface area contributed by atoms with Gasteiger partial charge in [0.1, 0.15) is 0 Å². The van der Waals surface area contributed by atoms with Crippen molar-refractivity contribution < 1.29 is 18.3 Å². The topological polar surface area (TPSA) is 86.7 Å². The first-order chi connectivity index (χ1) is 10.3. The first-order valence-electron chi connectivity index (χ1n) is 6.70. The van der Waals surface area contributed by atoms with E-state index in [-0.39, 0.29) is 24.7 Å². The van der Waals surface area contributed by atoms with Crippen LogP contribution < -0.4 is 5.32 Å². The number of halogens is 2. The Morgan fingerprint density at radius 3 is 2.68 bits per heavy atom. The van der Waals surface area contributed by atoms with E-state index >= 15 is 0 Å². The zero-order chi connectivity index (χ0) is 16.1. The molecule has 1 amide bonds. The summed E-state index contributed by atoms with van der Waals surface area (Å²) >= 11 is 12.0. The van der Waals surface area contributed by atoms with Crippen molar-refractivity contribution in [2.24, 2.45) is 0 Å². The van der Waals surface area contributed by atoms with Gasteiger partial charge in [0.2, 0.25) is 15.9 Å². The average Bonchev–Trinajstić information content (AvgIpc) is 2.98. The molecule has 0 aliphatic carbocycles. The Morgan fingerprint density at radius 2 is 2.00 bits per heavy atom. The smallest absolute Gasteiger partial charge is 0.236 e. The Morgan fingerprint density at radius 1 is 1.32 bits per heavy atom. The van der Waals surface area contributed by atoms with Crippen LogP contribution in [0.2, 0.25) is 10.0 Å². The molecule has 0 bridgehead atoms. The molecule has 6 nitrogen and oxygen atoms in total. The molecule has 0 unspecified atom stereocenters. The summed E-state index contributed by atoms with van der Waals surface area (Å²) in [7, 11) is -3.57. The van der Waals surface area contributed by atoms with Crippen molar-refractivity contribution in [2.75, 3.05) is 30.8 Å². The predicted molar refractivity (Wildman–Crippen MR) is 83.8 cm³/mol. The van der Waals surface area contributed by atoms with Crippen LogP contribution in [0.25, 0.3) is 0 Å². The fourth-order valence-electron chi connectivity index (χ4n) is 3.07. The highest BCUT2D eigenvalue weighted by molar-refractivity contribution is 7.89. The number of benzene rings is 1. The van der Waals surface area contributed by atoms with Gasteiger partial charge in [-0.05, 0) is 24.1 Å². The van der Waals surface area contributed by atoms with Crippen molar-refractivity contribution in [3.63, 3.8) is 0 Å². The lowest BCUT2D eigenvalue weighted by Gasteiger charge is -2.22. The normalized spacial score (nSPS) is 24.8. The van der Waals surface area contributed by atoms with Crippen LogP contribution in [0.5, 0.6) is 0 Å². The van der Waals surface area contributed by atoms with E-state index < -0.39 is 22.0 Å². The van der Waals surface area contributed by atoms with Crippen LogP contribution in [-0.2, 0) is 20.2 Å². The maximum atomic E-state index is 12.4. The van der Waals surface area contributed by atoms with Crippen LogP contribution in [0.3, 0.4) is 0 Å². The lowest BCUT2D eigenvalue weighted by atomic mass is 9.81. The van der Waals surface area contributed by atoms with Gasteiger partial charge >= 0.3 is 0 Å². The second-order valence-electron chi connectivity index (χ2n) is 5.47. The van der Waals surface area contributed by atoms with Crippen molar-refractivity contribution in [1.82, 2.24) is 4.31 Å². The summed E-state index contributed by atoms with van der Waals surface area (Å²) in [4.78, 5) is 12.4. The van der Waals surface area contributed by atoms with Gasteiger partial charge in [-0.3, -0.25) is 4.79 Å². The maximum absolute atomic E-state index is 12.4. The van der Waals surface area contributed by atoms with Gasteiger partial charge < -0.3 is 10.4 Å². The molecule has 120 valence electrons. The van der Waals surface area contributed by atoms with Crippen LogP contribution in [0.4, 0.5) is 5.69 Å². The van der Waals surface area contributed by atoms with Gasteiger partial charge in [-0.25, -0.2) is 12.7 Å². The molecular formula is C13H14Cl2N2O4S. The van der Waals surface area contributed by atoms with Gasteiger partial charge in [-0.2, -0.15) is 0 Å². The first kappa shape index (κ1) is 16.0. The van der Waals surface area contributed by atoms with Crippen molar-refractivity contribution >= 4 is 44.8 Å². The van der Waals surface area contributed by atoms with E-state index in [0.29, 0.717) is 27.7 Å². The highest BCUT2D eigenvalue weighted by Gasteiger charge is 2.53. The molecular weight excluding hydrogens is 351 g/mol. The van der Waals surface area contributed by atoms with E-state index in [0.717, 1.165) is 0 Å². The number of carbonyl (C=O) groups is 1. The maximum Gasteiger partial charge on any atom is 0.236 e. The molecule has 22 heavy (non-hydrogen) atoms. The van der Waals surface area contributed by atoms with E-state index in [2.05, 4.69) is 5.32 Å². The molecule has 2 aliphatic heterocycles. The minimum atomic E-state index is -3.57. The Balaban J connectivity index is 2.00. The SMILES string of the molecule is O=C1Nc2cc(Cl)c(Cl)cc2[C@]12CCN(S(=O)(=O)CCO)C2. The van der Waals surface area contributed by atoms with Gasteiger partial charge in [-0.1, -0.05) is 23.2 Å². The van der Waals surface area contributed by atoms with Crippen molar-refractivity contribution in [3.05, 3.63) is 27.7 Å². The summed E-state index contributed by atoms with van der Waals surface area (Å²) in [5.74, 6) is -0.596. The number of hydrogen-bond acceptors (Lipinski definition) is 4. The van der Waals surface area contributed by atoms with Crippen molar-refractivity contribution in [1.29, 1.82) is 0 Å². The molecule has 2 heterocycles. The molecule has 0 radical (unpaired) electrons. The van der Waals surface area contributed by atoms with Gasteiger partial charge in [0, 0.05) is 18.8 Å². The average molecular weight is 365 g/mol. The Kier molecular flexibility index (Phi) is 3.89. The van der Waals surface area contributed by atoms with Crippen molar-refractivity contribution in [3.8, 4) is 0 Å².